The SMILES string of the molecule is NC(=O)CCC(=O)Nc1cc(Cl)cc(Cl)c1. The molecule has 86 valence electrons. The average molecular weight is 261 g/mol. The highest BCUT2D eigenvalue weighted by atomic mass is 35.5. The molecule has 16 heavy (non-hydrogen) atoms. The van der Waals surface area contributed by atoms with E-state index >= 15 is 0 Å². The molecule has 0 saturated carbocycles. The van der Waals surface area contributed by atoms with Crippen molar-refractivity contribution >= 4 is 40.7 Å². The maximum Gasteiger partial charge on any atom is 0.224 e. The molecule has 0 aliphatic carbocycles. The summed E-state index contributed by atoms with van der Waals surface area (Å²) in [5.74, 6) is -0.823. The Labute approximate surface area is 103 Å². The molecule has 0 saturated heterocycles. The summed E-state index contributed by atoms with van der Waals surface area (Å²) in [4.78, 5) is 21.8. The molecule has 0 unspecified atom stereocenters. The molecule has 0 heterocycles. The third-order valence-corrected chi connectivity index (χ3v) is 2.18. The van der Waals surface area contributed by atoms with Crippen molar-refractivity contribution in [2.75, 3.05) is 5.32 Å². The number of halogens is 2. The average Bonchev–Trinajstić information content (AvgIpc) is 2.12. The van der Waals surface area contributed by atoms with Gasteiger partial charge in [-0.1, -0.05) is 23.2 Å². The quantitative estimate of drug-likeness (QED) is 0.871. The molecule has 2 amide bonds. The number of rotatable bonds is 4. The summed E-state index contributed by atoms with van der Waals surface area (Å²) in [6, 6.07) is 4.69. The van der Waals surface area contributed by atoms with Gasteiger partial charge in [-0.3, -0.25) is 9.59 Å². The maximum absolute atomic E-state index is 11.3. The van der Waals surface area contributed by atoms with Crippen LogP contribution in [-0.4, -0.2) is 11.8 Å². The van der Waals surface area contributed by atoms with Crippen molar-refractivity contribution < 1.29 is 9.59 Å². The summed E-state index contributed by atoms with van der Waals surface area (Å²) in [6.45, 7) is 0. The lowest BCUT2D eigenvalue weighted by Gasteiger charge is -2.05. The number of carbonyl (C=O) groups is 2. The number of nitrogens with one attached hydrogen (secondary N) is 1. The number of amides is 2. The van der Waals surface area contributed by atoms with Gasteiger partial charge in [0.2, 0.25) is 11.8 Å². The Bertz CT molecular complexity index is 401. The molecule has 6 heteroatoms. The highest BCUT2D eigenvalue weighted by Gasteiger charge is 2.05. The van der Waals surface area contributed by atoms with Crippen LogP contribution >= 0.6 is 23.2 Å². The number of primary amides is 1. The Morgan fingerprint density at radius 3 is 2.19 bits per heavy atom. The molecule has 0 aromatic heterocycles. The largest absolute Gasteiger partial charge is 0.370 e. The second-order valence-corrected chi connectivity index (χ2v) is 4.05. The summed E-state index contributed by atoms with van der Waals surface area (Å²) < 4.78 is 0. The summed E-state index contributed by atoms with van der Waals surface area (Å²) in [5.41, 5.74) is 5.41. The van der Waals surface area contributed by atoms with E-state index < -0.39 is 5.91 Å². The molecular weight excluding hydrogens is 251 g/mol. The molecule has 3 N–H and O–H groups in total. The van der Waals surface area contributed by atoms with Gasteiger partial charge in [0, 0.05) is 28.6 Å². The van der Waals surface area contributed by atoms with Crippen molar-refractivity contribution in [1.82, 2.24) is 0 Å². The van der Waals surface area contributed by atoms with Crippen LogP contribution in [0.2, 0.25) is 10.0 Å². The van der Waals surface area contributed by atoms with Crippen LogP contribution in [0, 0.1) is 0 Å². The van der Waals surface area contributed by atoms with E-state index in [1.165, 1.54) is 0 Å². The molecule has 0 aliphatic heterocycles. The molecule has 0 fully saturated rings. The van der Waals surface area contributed by atoms with Gasteiger partial charge >= 0.3 is 0 Å². The fourth-order valence-electron chi connectivity index (χ4n) is 1.09. The molecular formula is C10H10Cl2N2O2. The zero-order valence-electron chi connectivity index (χ0n) is 8.30. The minimum atomic E-state index is -0.515. The Hall–Kier alpha value is -1.26. The van der Waals surface area contributed by atoms with E-state index in [2.05, 4.69) is 5.32 Å². The molecule has 1 aromatic carbocycles. The Kier molecular flexibility index (Phi) is 4.58. The molecule has 1 rings (SSSR count). The van der Waals surface area contributed by atoms with Crippen LogP contribution in [0.5, 0.6) is 0 Å². The normalized spacial score (nSPS) is 9.88. The van der Waals surface area contributed by atoms with Gasteiger partial charge < -0.3 is 11.1 Å². The van der Waals surface area contributed by atoms with E-state index in [0.717, 1.165) is 0 Å². The number of nitrogens with two attached hydrogens (primary N) is 1. The van der Waals surface area contributed by atoms with Crippen LogP contribution < -0.4 is 11.1 Å². The maximum atomic E-state index is 11.3. The van der Waals surface area contributed by atoms with Crippen LogP contribution in [0.15, 0.2) is 18.2 Å². The molecule has 0 spiro atoms. The highest BCUT2D eigenvalue weighted by Crippen LogP contribution is 2.22. The highest BCUT2D eigenvalue weighted by molar-refractivity contribution is 6.35. The lowest BCUT2D eigenvalue weighted by Crippen LogP contribution is -2.17. The minimum absolute atomic E-state index is 0.0140. The molecule has 0 bridgehead atoms. The number of carbonyl (C=O) groups excluding carboxylic acids is 2. The van der Waals surface area contributed by atoms with Crippen molar-refractivity contribution in [2.45, 2.75) is 12.8 Å². The Balaban J connectivity index is 2.59. The summed E-state index contributed by atoms with van der Waals surface area (Å²) in [7, 11) is 0. The predicted octanol–water partition coefficient (Wildman–Crippen LogP) is 2.20. The first-order chi connectivity index (χ1) is 7.47. The van der Waals surface area contributed by atoms with Gasteiger partial charge in [-0.05, 0) is 18.2 Å². The lowest BCUT2D eigenvalue weighted by molar-refractivity contribution is -0.122. The first-order valence-electron chi connectivity index (χ1n) is 4.51. The van der Waals surface area contributed by atoms with E-state index in [4.69, 9.17) is 28.9 Å². The molecule has 0 atom stereocenters. The number of hydrogen-bond acceptors (Lipinski definition) is 2. The second-order valence-electron chi connectivity index (χ2n) is 3.17. The monoisotopic (exact) mass is 260 g/mol. The summed E-state index contributed by atoms with van der Waals surface area (Å²) in [6.07, 6.45) is 0.0552. The van der Waals surface area contributed by atoms with Crippen molar-refractivity contribution in [1.29, 1.82) is 0 Å². The summed E-state index contributed by atoms with van der Waals surface area (Å²) >= 11 is 11.5. The molecule has 1 aromatic rings. The van der Waals surface area contributed by atoms with E-state index in [0.29, 0.717) is 15.7 Å². The summed E-state index contributed by atoms with van der Waals surface area (Å²) in [5, 5.41) is 3.42. The van der Waals surface area contributed by atoms with Crippen LogP contribution in [0.25, 0.3) is 0 Å². The van der Waals surface area contributed by atoms with Gasteiger partial charge in [0.15, 0.2) is 0 Å². The third-order valence-electron chi connectivity index (χ3n) is 1.74. The standard InChI is InChI=1S/C10H10Cl2N2O2/c11-6-3-7(12)5-8(4-6)14-10(16)2-1-9(13)15/h3-5H,1-2H2,(H2,13,15)(H,14,16). The molecule has 0 radical (unpaired) electrons. The van der Waals surface area contributed by atoms with Gasteiger partial charge in [-0.15, -0.1) is 0 Å². The van der Waals surface area contributed by atoms with Gasteiger partial charge in [-0.25, -0.2) is 0 Å². The van der Waals surface area contributed by atoms with Crippen molar-refractivity contribution in [3.63, 3.8) is 0 Å². The zero-order chi connectivity index (χ0) is 12.1. The van der Waals surface area contributed by atoms with Crippen molar-refractivity contribution in [3.8, 4) is 0 Å². The Morgan fingerprint density at radius 1 is 1.12 bits per heavy atom. The number of anilines is 1. The van der Waals surface area contributed by atoms with E-state index in [9.17, 15) is 9.59 Å². The fraction of sp³-hybridized carbons (Fsp3) is 0.200. The fourth-order valence-corrected chi connectivity index (χ4v) is 1.61. The minimum Gasteiger partial charge on any atom is -0.370 e. The van der Waals surface area contributed by atoms with Crippen LogP contribution in [0.1, 0.15) is 12.8 Å². The van der Waals surface area contributed by atoms with Crippen molar-refractivity contribution in [2.24, 2.45) is 5.73 Å². The van der Waals surface area contributed by atoms with Gasteiger partial charge in [0.25, 0.3) is 0 Å². The molecule has 4 nitrogen and oxygen atoms in total. The molecule has 0 aliphatic rings. The Morgan fingerprint density at radius 2 is 1.69 bits per heavy atom. The van der Waals surface area contributed by atoms with Gasteiger partial charge in [0.05, 0.1) is 0 Å². The predicted molar refractivity (Wildman–Crippen MR) is 63.5 cm³/mol. The smallest absolute Gasteiger partial charge is 0.224 e. The third kappa shape index (κ3) is 4.51. The first kappa shape index (κ1) is 12.8. The van der Waals surface area contributed by atoms with Gasteiger partial charge in [-0.2, -0.15) is 0 Å². The van der Waals surface area contributed by atoms with Crippen LogP contribution in [-0.2, 0) is 9.59 Å². The van der Waals surface area contributed by atoms with Crippen LogP contribution in [0.3, 0.4) is 0 Å². The second kappa shape index (κ2) is 5.72. The topological polar surface area (TPSA) is 72.2 Å². The van der Waals surface area contributed by atoms with E-state index in [1.807, 2.05) is 0 Å². The van der Waals surface area contributed by atoms with Crippen molar-refractivity contribution in [3.05, 3.63) is 28.2 Å². The number of benzene rings is 1. The van der Waals surface area contributed by atoms with Gasteiger partial charge in [0.1, 0.15) is 0 Å². The first-order valence-corrected chi connectivity index (χ1v) is 5.27. The lowest BCUT2D eigenvalue weighted by atomic mass is 10.2. The zero-order valence-corrected chi connectivity index (χ0v) is 9.81. The van der Waals surface area contributed by atoms with E-state index in [-0.39, 0.29) is 18.7 Å². The van der Waals surface area contributed by atoms with Crippen LogP contribution in [0.4, 0.5) is 5.69 Å². The number of hydrogen-bond donors (Lipinski definition) is 2. The van der Waals surface area contributed by atoms with E-state index in [1.54, 1.807) is 18.2 Å².